The van der Waals surface area contributed by atoms with Crippen molar-refractivity contribution in [1.29, 1.82) is 0 Å². The third-order valence-corrected chi connectivity index (χ3v) is 6.24. The number of nitrogens with zero attached hydrogens (tertiary/aromatic N) is 3. The normalized spacial score (nSPS) is 11.7. The molecule has 0 bridgehead atoms. The highest BCUT2D eigenvalue weighted by Crippen LogP contribution is 2.14. The number of carbonyl (C=O) groups excluding carboxylic acids is 1. The summed E-state index contributed by atoms with van der Waals surface area (Å²) >= 11 is 0. The van der Waals surface area contributed by atoms with Crippen LogP contribution in [0.5, 0.6) is 0 Å². The van der Waals surface area contributed by atoms with Gasteiger partial charge in [-0.05, 0) is 6.42 Å². The van der Waals surface area contributed by atoms with E-state index in [9.17, 15) is 4.79 Å². The lowest BCUT2D eigenvalue weighted by atomic mass is 10.4. The summed E-state index contributed by atoms with van der Waals surface area (Å²) in [6.07, 6.45) is 2.06. The van der Waals surface area contributed by atoms with Crippen LogP contribution < -0.4 is 5.32 Å². The van der Waals surface area contributed by atoms with E-state index in [1.807, 2.05) is 13.8 Å². The minimum absolute atomic E-state index is 0.261. The molecule has 126 valence electrons. The van der Waals surface area contributed by atoms with Crippen molar-refractivity contribution in [3.63, 3.8) is 0 Å². The molecule has 0 aliphatic carbocycles. The molecule has 0 aliphatic rings. The van der Waals surface area contributed by atoms with Crippen molar-refractivity contribution < 1.29 is 18.1 Å². The molecular formula is C13H26N4O4Si. The molecule has 0 spiro atoms. The van der Waals surface area contributed by atoms with Gasteiger partial charge in [-0.1, -0.05) is 13.8 Å². The number of nitrogens with one attached hydrogen (secondary N) is 1. The lowest BCUT2D eigenvalue weighted by Crippen LogP contribution is -2.43. The van der Waals surface area contributed by atoms with Crippen LogP contribution in [0.25, 0.3) is 0 Å². The van der Waals surface area contributed by atoms with Gasteiger partial charge < -0.3 is 18.6 Å². The van der Waals surface area contributed by atoms with Gasteiger partial charge in [0.05, 0.1) is 0 Å². The standard InChI is InChI=1S/C13H26N4O4Si/c1-6-11-15-12(7-2)17(16-11)13(18)14-9-8-10-22(19-3,20-4)21-5/h6-10H2,1-5H3,(H,14,18). The molecule has 1 rings (SSSR count). The van der Waals surface area contributed by atoms with Crippen molar-refractivity contribution >= 4 is 14.8 Å². The first-order valence-corrected chi connectivity index (χ1v) is 9.37. The second-order valence-electron chi connectivity index (χ2n) is 4.69. The number of carbonyl (C=O) groups is 1. The van der Waals surface area contributed by atoms with Crippen LogP contribution in [0.3, 0.4) is 0 Å². The maximum absolute atomic E-state index is 12.2. The van der Waals surface area contributed by atoms with E-state index in [0.717, 1.165) is 0 Å². The summed E-state index contributed by atoms with van der Waals surface area (Å²) in [6, 6.07) is 0.373. The van der Waals surface area contributed by atoms with Crippen molar-refractivity contribution in [3.8, 4) is 0 Å². The fourth-order valence-electron chi connectivity index (χ4n) is 2.06. The van der Waals surface area contributed by atoms with Gasteiger partial charge in [0.15, 0.2) is 5.82 Å². The van der Waals surface area contributed by atoms with Crippen LogP contribution in [-0.2, 0) is 26.1 Å². The maximum atomic E-state index is 12.2. The van der Waals surface area contributed by atoms with Crippen LogP contribution in [0.2, 0.25) is 6.04 Å². The smallest absolute Gasteiger partial charge is 0.377 e. The molecule has 1 heterocycles. The zero-order valence-electron chi connectivity index (χ0n) is 14.0. The SMILES string of the molecule is CCc1nc(CC)n(C(=O)NCCC[Si](OC)(OC)OC)n1. The average Bonchev–Trinajstić information content (AvgIpc) is 2.99. The fourth-order valence-corrected chi connectivity index (χ4v) is 3.79. The molecule has 0 atom stereocenters. The largest absolute Gasteiger partial charge is 0.500 e. The number of aryl methyl sites for hydroxylation is 2. The van der Waals surface area contributed by atoms with E-state index in [4.69, 9.17) is 13.3 Å². The van der Waals surface area contributed by atoms with Crippen molar-refractivity contribution in [2.75, 3.05) is 27.9 Å². The number of rotatable bonds is 9. The van der Waals surface area contributed by atoms with Gasteiger partial charge in [-0.25, -0.2) is 9.78 Å². The Hall–Kier alpha value is -1.29. The predicted molar refractivity (Wildman–Crippen MR) is 83.8 cm³/mol. The Balaban J connectivity index is 2.51. The van der Waals surface area contributed by atoms with Gasteiger partial charge in [-0.15, -0.1) is 5.10 Å². The van der Waals surface area contributed by atoms with Crippen molar-refractivity contribution in [3.05, 3.63) is 11.6 Å². The topological polar surface area (TPSA) is 87.5 Å². The van der Waals surface area contributed by atoms with Crippen LogP contribution in [0.15, 0.2) is 0 Å². The summed E-state index contributed by atoms with van der Waals surface area (Å²) in [5.74, 6) is 1.35. The van der Waals surface area contributed by atoms with Crippen molar-refractivity contribution in [2.24, 2.45) is 0 Å². The van der Waals surface area contributed by atoms with Gasteiger partial charge in [0.1, 0.15) is 5.82 Å². The Bertz CT molecular complexity index is 468. The van der Waals surface area contributed by atoms with E-state index >= 15 is 0 Å². The summed E-state index contributed by atoms with van der Waals surface area (Å²) in [6.45, 7) is 4.40. The molecule has 1 amide bonds. The monoisotopic (exact) mass is 330 g/mol. The molecule has 0 fully saturated rings. The van der Waals surface area contributed by atoms with Crippen molar-refractivity contribution in [2.45, 2.75) is 39.2 Å². The number of amides is 1. The summed E-state index contributed by atoms with van der Waals surface area (Å²) in [4.78, 5) is 16.5. The van der Waals surface area contributed by atoms with Crippen LogP contribution in [0.4, 0.5) is 4.79 Å². The van der Waals surface area contributed by atoms with Crippen molar-refractivity contribution in [1.82, 2.24) is 20.1 Å². The summed E-state index contributed by atoms with van der Waals surface area (Å²) < 4.78 is 17.3. The molecule has 1 aromatic heterocycles. The second kappa shape index (κ2) is 8.98. The van der Waals surface area contributed by atoms with Gasteiger partial charge >= 0.3 is 14.8 Å². The minimum Gasteiger partial charge on any atom is -0.377 e. The third kappa shape index (κ3) is 4.60. The number of hydrogen-bond donors (Lipinski definition) is 1. The van der Waals surface area contributed by atoms with Crippen LogP contribution >= 0.6 is 0 Å². The highest BCUT2D eigenvalue weighted by molar-refractivity contribution is 6.60. The predicted octanol–water partition coefficient (Wildman–Crippen LogP) is 1.23. The first-order chi connectivity index (χ1) is 10.6. The Morgan fingerprint density at radius 2 is 1.82 bits per heavy atom. The van der Waals surface area contributed by atoms with Crippen LogP contribution in [0, 0.1) is 0 Å². The lowest BCUT2D eigenvalue weighted by molar-refractivity contribution is 0.123. The maximum Gasteiger partial charge on any atom is 0.500 e. The van der Waals surface area contributed by atoms with Gasteiger partial charge in [-0.3, -0.25) is 0 Å². The van der Waals surface area contributed by atoms with E-state index in [1.54, 1.807) is 21.3 Å². The first kappa shape index (κ1) is 18.8. The Morgan fingerprint density at radius 3 is 2.32 bits per heavy atom. The molecule has 0 saturated heterocycles. The Kier molecular flexibility index (Phi) is 7.66. The molecule has 1 N–H and O–H groups in total. The van der Waals surface area contributed by atoms with E-state index in [2.05, 4.69) is 15.4 Å². The van der Waals surface area contributed by atoms with Gasteiger partial charge in [-0.2, -0.15) is 4.68 Å². The Labute approximate surface area is 132 Å². The highest BCUT2D eigenvalue weighted by Gasteiger charge is 2.36. The molecule has 0 unspecified atom stereocenters. The minimum atomic E-state index is -2.57. The molecule has 22 heavy (non-hydrogen) atoms. The third-order valence-electron chi connectivity index (χ3n) is 3.41. The number of hydrogen-bond acceptors (Lipinski definition) is 6. The van der Waals surface area contributed by atoms with E-state index in [-0.39, 0.29) is 6.03 Å². The van der Waals surface area contributed by atoms with E-state index < -0.39 is 8.80 Å². The highest BCUT2D eigenvalue weighted by atomic mass is 28.4. The molecule has 0 aromatic carbocycles. The lowest BCUT2D eigenvalue weighted by Gasteiger charge is -2.24. The summed E-state index contributed by atoms with van der Waals surface area (Å²) in [7, 11) is 2.15. The average molecular weight is 330 g/mol. The molecule has 1 aromatic rings. The Morgan fingerprint density at radius 1 is 1.18 bits per heavy atom. The number of aromatic nitrogens is 3. The van der Waals surface area contributed by atoms with Crippen LogP contribution in [0.1, 0.15) is 31.9 Å². The molecule has 9 heteroatoms. The van der Waals surface area contributed by atoms with E-state index in [1.165, 1.54) is 4.68 Å². The molecule has 0 saturated carbocycles. The molecular weight excluding hydrogens is 304 g/mol. The zero-order chi connectivity index (χ0) is 16.6. The first-order valence-electron chi connectivity index (χ1n) is 7.44. The zero-order valence-corrected chi connectivity index (χ0v) is 15.0. The summed E-state index contributed by atoms with van der Waals surface area (Å²) in [5.41, 5.74) is 0. The molecule has 0 aliphatic heterocycles. The van der Waals surface area contributed by atoms with Gasteiger partial charge in [0.2, 0.25) is 0 Å². The van der Waals surface area contributed by atoms with E-state index in [0.29, 0.717) is 43.5 Å². The summed E-state index contributed by atoms with van der Waals surface area (Å²) in [5, 5.41) is 7.04. The molecule has 8 nitrogen and oxygen atoms in total. The van der Waals surface area contributed by atoms with Crippen LogP contribution in [-0.4, -0.2) is 57.5 Å². The second-order valence-corrected chi connectivity index (χ2v) is 7.78. The van der Waals surface area contributed by atoms with Gasteiger partial charge in [0, 0.05) is 46.8 Å². The quantitative estimate of drug-likeness (QED) is 0.541. The fraction of sp³-hybridized carbons (Fsp3) is 0.769. The molecule has 0 radical (unpaired) electrons. The van der Waals surface area contributed by atoms with Gasteiger partial charge in [0.25, 0.3) is 0 Å².